The molecule has 0 spiro atoms. The summed E-state index contributed by atoms with van der Waals surface area (Å²) in [5.74, 6) is 1.12. The number of unbranched alkanes of at least 4 members (excludes halogenated alkanes) is 1. The van der Waals surface area contributed by atoms with E-state index < -0.39 is 5.41 Å². The number of nitrogens with one attached hydrogen (secondary N) is 1. The summed E-state index contributed by atoms with van der Waals surface area (Å²) in [5, 5.41) is 19.2. The molecule has 0 radical (unpaired) electrons. The van der Waals surface area contributed by atoms with Crippen LogP contribution >= 0.6 is 11.6 Å². The summed E-state index contributed by atoms with van der Waals surface area (Å²) in [7, 11) is 0. The molecule has 0 fully saturated rings. The zero-order valence-corrected chi connectivity index (χ0v) is 21.1. The van der Waals surface area contributed by atoms with Gasteiger partial charge in [-0.3, -0.25) is 14.1 Å². The predicted molar refractivity (Wildman–Crippen MR) is 139 cm³/mol. The number of halogens is 1. The van der Waals surface area contributed by atoms with E-state index in [1.807, 2.05) is 36.0 Å². The van der Waals surface area contributed by atoms with Crippen molar-refractivity contribution in [2.75, 3.05) is 0 Å². The van der Waals surface area contributed by atoms with E-state index >= 15 is 0 Å². The van der Waals surface area contributed by atoms with Gasteiger partial charge < -0.3 is 0 Å². The van der Waals surface area contributed by atoms with Crippen LogP contribution in [0.25, 0.3) is 17.2 Å². The normalized spacial score (nSPS) is 17.2. The number of H-pyrrole nitrogens is 1. The minimum absolute atomic E-state index is 0.136. The summed E-state index contributed by atoms with van der Waals surface area (Å²) in [5.41, 5.74) is 2.25. The molecular weight excluding hydrogens is 478 g/mol. The van der Waals surface area contributed by atoms with Crippen LogP contribution in [0.2, 0.25) is 5.02 Å². The first kappa shape index (κ1) is 23.9. The highest BCUT2D eigenvalue weighted by molar-refractivity contribution is 6.32. The van der Waals surface area contributed by atoms with Gasteiger partial charge in [0, 0.05) is 48.4 Å². The summed E-state index contributed by atoms with van der Waals surface area (Å²) in [6, 6.07) is 8.06. The molecule has 0 bridgehead atoms. The lowest BCUT2D eigenvalue weighted by Gasteiger charge is -2.32. The number of tetrazole rings is 1. The van der Waals surface area contributed by atoms with Gasteiger partial charge in [0.05, 0.1) is 6.20 Å². The molecule has 1 unspecified atom stereocenters. The van der Waals surface area contributed by atoms with Crippen LogP contribution in [0.15, 0.2) is 58.7 Å². The third kappa shape index (κ3) is 4.32. The predicted octanol–water partition coefficient (Wildman–Crippen LogP) is 3.96. The van der Waals surface area contributed by atoms with Crippen molar-refractivity contribution in [2.45, 2.75) is 58.0 Å². The Balaban J connectivity index is 1.62. The molecule has 36 heavy (non-hydrogen) atoms. The fraction of sp³-hybridized carbons (Fsp3) is 0.360. The highest BCUT2D eigenvalue weighted by Gasteiger charge is 2.33. The van der Waals surface area contributed by atoms with Crippen LogP contribution < -0.4 is 5.69 Å². The van der Waals surface area contributed by atoms with Gasteiger partial charge in [0.2, 0.25) is 5.82 Å². The molecule has 4 aromatic rings. The largest absolute Gasteiger partial charge is 0.334 e. The lowest BCUT2D eigenvalue weighted by atomic mass is 9.76. The van der Waals surface area contributed by atoms with E-state index in [0.29, 0.717) is 36.2 Å². The van der Waals surface area contributed by atoms with Crippen molar-refractivity contribution >= 4 is 17.8 Å². The number of aliphatic imine (C=N–C) groups is 1. The van der Waals surface area contributed by atoms with Crippen molar-refractivity contribution in [1.29, 1.82) is 0 Å². The van der Waals surface area contributed by atoms with Crippen molar-refractivity contribution in [2.24, 2.45) is 4.99 Å². The molecule has 10 nitrogen and oxygen atoms in total. The molecule has 1 aliphatic heterocycles. The molecule has 3 aromatic heterocycles. The third-order valence-corrected chi connectivity index (χ3v) is 6.93. The second-order valence-corrected chi connectivity index (χ2v) is 9.33. The van der Waals surface area contributed by atoms with E-state index in [4.69, 9.17) is 11.6 Å². The maximum absolute atomic E-state index is 13.9. The Bertz CT molecular complexity index is 1460. The molecule has 1 atom stereocenters. The number of nitrogens with zero attached hydrogens (tertiary/aromatic N) is 8. The van der Waals surface area contributed by atoms with Crippen LogP contribution in [0, 0.1) is 0 Å². The van der Waals surface area contributed by atoms with Crippen molar-refractivity contribution in [3.05, 3.63) is 75.7 Å². The first-order valence-corrected chi connectivity index (χ1v) is 12.5. The van der Waals surface area contributed by atoms with E-state index in [1.165, 1.54) is 0 Å². The highest BCUT2D eigenvalue weighted by Crippen LogP contribution is 2.35. The number of benzene rings is 1. The molecule has 5 rings (SSSR count). The molecular formula is C25H28ClN9O. The zero-order chi connectivity index (χ0) is 25.1. The van der Waals surface area contributed by atoms with Gasteiger partial charge in [0.15, 0.2) is 5.82 Å². The smallest absolute Gasteiger partial charge is 0.295 e. The van der Waals surface area contributed by atoms with Gasteiger partial charge in [-0.1, -0.05) is 49.2 Å². The molecule has 1 aliphatic rings. The van der Waals surface area contributed by atoms with Gasteiger partial charge in [0.25, 0.3) is 0 Å². The standard InChI is InChI=1S/C25H28ClN9O/c1-3-5-9-20-16-33(23-21(26)15-28-35(23)4-2)24(36)34(20)17-25(10-12-27-13-11-25)19-8-6-7-18(14-19)22-29-31-32-30-22/h6-8,10,12-16H,3-5,9,11,17H2,1-2H3,(H,29,30,31,32). The van der Waals surface area contributed by atoms with Crippen molar-refractivity contribution < 1.29 is 0 Å². The summed E-state index contributed by atoms with van der Waals surface area (Å²) >= 11 is 6.48. The number of aromatic amines is 1. The van der Waals surface area contributed by atoms with E-state index in [9.17, 15) is 4.79 Å². The molecule has 1 aromatic carbocycles. The van der Waals surface area contributed by atoms with Crippen LogP contribution in [0.3, 0.4) is 0 Å². The molecule has 4 heterocycles. The van der Waals surface area contributed by atoms with E-state index in [0.717, 1.165) is 36.1 Å². The Hall–Kier alpha value is -3.79. The SMILES string of the molecule is CCCCc1cn(-c2c(Cl)cnn2CC)c(=O)n1CC1(c2cccc(-c3nn[nH]n3)c2)C=CN=CC1. The summed E-state index contributed by atoms with van der Waals surface area (Å²) in [4.78, 5) is 18.2. The average Bonchev–Trinajstić information content (AvgIpc) is 3.64. The topological polar surface area (TPSA) is 112 Å². The van der Waals surface area contributed by atoms with Crippen LogP contribution in [-0.4, -0.2) is 45.8 Å². The van der Waals surface area contributed by atoms with E-state index in [1.54, 1.807) is 21.6 Å². The lowest BCUT2D eigenvalue weighted by Crippen LogP contribution is -2.37. The Labute approximate surface area is 213 Å². The second kappa shape index (κ2) is 10.1. The van der Waals surface area contributed by atoms with Crippen LogP contribution in [0.5, 0.6) is 0 Å². The number of aromatic nitrogens is 8. The zero-order valence-electron chi connectivity index (χ0n) is 20.3. The Morgan fingerprint density at radius 2 is 2.14 bits per heavy atom. The average molecular weight is 506 g/mol. The van der Waals surface area contributed by atoms with Crippen LogP contribution in [0.4, 0.5) is 0 Å². The van der Waals surface area contributed by atoms with Gasteiger partial charge in [-0.2, -0.15) is 10.3 Å². The number of hydrogen-bond donors (Lipinski definition) is 1. The molecule has 0 saturated heterocycles. The number of imidazole rings is 1. The van der Waals surface area contributed by atoms with Gasteiger partial charge in [-0.05, 0) is 43.0 Å². The van der Waals surface area contributed by atoms with Gasteiger partial charge in [0.1, 0.15) is 5.02 Å². The number of hydrogen-bond acceptors (Lipinski definition) is 6. The molecule has 0 saturated carbocycles. The Morgan fingerprint density at radius 1 is 1.25 bits per heavy atom. The van der Waals surface area contributed by atoms with Crippen molar-refractivity contribution in [3.63, 3.8) is 0 Å². The summed E-state index contributed by atoms with van der Waals surface area (Å²) < 4.78 is 5.26. The molecule has 11 heteroatoms. The minimum atomic E-state index is -0.479. The Morgan fingerprint density at radius 3 is 2.86 bits per heavy atom. The fourth-order valence-electron chi connectivity index (χ4n) is 4.72. The maximum atomic E-state index is 13.9. The quantitative estimate of drug-likeness (QED) is 0.370. The lowest BCUT2D eigenvalue weighted by molar-refractivity contribution is 0.438. The number of rotatable bonds is 9. The van der Waals surface area contributed by atoms with Crippen LogP contribution in [-0.2, 0) is 24.9 Å². The first-order chi connectivity index (χ1) is 17.6. The monoisotopic (exact) mass is 505 g/mol. The molecule has 0 aliphatic carbocycles. The third-order valence-electron chi connectivity index (χ3n) is 6.67. The first-order valence-electron chi connectivity index (χ1n) is 12.1. The minimum Gasteiger partial charge on any atom is -0.295 e. The Kier molecular flexibility index (Phi) is 6.69. The maximum Gasteiger partial charge on any atom is 0.334 e. The highest BCUT2D eigenvalue weighted by atomic mass is 35.5. The van der Waals surface area contributed by atoms with Gasteiger partial charge in [-0.15, -0.1) is 10.2 Å². The summed E-state index contributed by atoms with van der Waals surface area (Å²) in [6.07, 6.45) is 12.7. The molecule has 1 N–H and O–H groups in total. The second-order valence-electron chi connectivity index (χ2n) is 8.92. The summed E-state index contributed by atoms with van der Waals surface area (Å²) in [6.45, 7) is 5.18. The van der Waals surface area contributed by atoms with Crippen molar-refractivity contribution in [3.8, 4) is 17.2 Å². The molecule has 186 valence electrons. The molecule has 0 amide bonds. The van der Waals surface area contributed by atoms with E-state index in [-0.39, 0.29) is 5.69 Å². The van der Waals surface area contributed by atoms with E-state index in [2.05, 4.69) is 55.8 Å². The number of aryl methyl sites for hydroxylation is 2. The van der Waals surface area contributed by atoms with Gasteiger partial charge in [-0.25, -0.2) is 9.48 Å². The fourth-order valence-corrected chi connectivity index (χ4v) is 4.95. The number of allylic oxidation sites excluding steroid dienone is 1. The van der Waals surface area contributed by atoms with Crippen molar-refractivity contribution in [1.82, 2.24) is 39.5 Å². The van der Waals surface area contributed by atoms with Gasteiger partial charge >= 0.3 is 5.69 Å². The van der Waals surface area contributed by atoms with Crippen LogP contribution in [0.1, 0.15) is 44.4 Å².